The number of nitrogens with zero attached hydrogens (tertiary/aromatic N) is 4. The van der Waals surface area contributed by atoms with Gasteiger partial charge in [-0.1, -0.05) is 19.0 Å². The summed E-state index contributed by atoms with van der Waals surface area (Å²) in [5.41, 5.74) is 0.640. The molecular weight excluding hydrogens is 232 g/mol. The lowest BCUT2D eigenvalue weighted by Gasteiger charge is -1.98. The van der Waals surface area contributed by atoms with Crippen molar-refractivity contribution in [2.75, 3.05) is 0 Å². The van der Waals surface area contributed by atoms with E-state index < -0.39 is 6.10 Å². The van der Waals surface area contributed by atoms with E-state index in [4.69, 9.17) is 4.52 Å². The van der Waals surface area contributed by atoms with Crippen LogP contribution in [0.25, 0.3) is 0 Å². The van der Waals surface area contributed by atoms with Gasteiger partial charge in [-0.3, -0.25) is 4.68 Å². The van der Waals surface area contributed by atoms with Crippen LogP contribution >= 0.6 is 0 Å². The molecule has 0 aromatic carbocycles. The Morgan fingerprint density at radius 3 is 2.78 bits per heavy atom. The molecular formula is C12H18N4O2. The maximum atomic E-state index is 9.38. The first-order chi connectivity index (χ1) is 8.54. The molecule has 0 bridgehead atoms. The first-order valence-electron chi connectivity index (χ1n) is 6.07. The predicted molar refractivity (Wildman–Crippen MR) is 64.8 cm³/mol. The predicted octanol–water partition coefficient (Wildman–Crippen LogP) is 1.57. The van der Waals surface area contributed by atoms with Crippen LogP contribution < -0.4 is 0 Å². The molecule has 1 N–H and O–H groups in total. The Morgan fingerprint density at radius 2 is 2.17 bits per heavy atom. The van der Waals surface area contributed by atoms with E-state index in [1.165, 1.54) is 0 Å². The van der Waals surface area contributed by atoms with E-state index in [-0.39, 0.29) is 0 Å². The van der Waals surface area contributed by atoms with Crippen molar-refractivity contribution in [2.24, 2.45) is 5.92 Å². The standard InChI is InChI=1S/C12H18N4O2/c1-8(2)6-12-13-11(15-18-12)7-16-5-4-10(14-16)9(3)17/h4-5,8-9,17H,6-7H2,1-3H3/t9-/m0/s1. The lowest BCUT2D eigenvalue weighted by molar-refractivity contribution is 0.193. The molecule has 2 heterocycles. The second kappa shape index (κ2) is 5.30. The summed E-state index contributed by atoms with van der Waals surface area (Å²) >= 11 is 0. The quantitative estimate of drug-likeness (QED) is 0.871. The number of aliphatic hydroxyl groups is 1. The summed E-state index contributed by atoms with van der Waals surface area (Å²) < 4.78 is 6.84. The SMILES string of the molecule is CC(C)Cc1nc(Cn2ccc([C@H](C)O)n2)no1. The lowest BCUT2D eigenvalue weighted by atomic mass is 10.1. The molecule has 0 fully saturated rings. The first kappa shape index (κ1) is 12.8. The molecule has 0 aliphatic heterocycles. The van der Waals surface area contributed by atoms with Gasteiger partial charge in [0.25, 0.3) is 0 Å². The van der Waals surface area contributed by atoms with Crippen molar-refractivity contribution in [3.8, 4) is 0 Å². The van der Waals surface area contributed by atoms with E-state index >= 15 is 0 Å². The van der Waals surface area contributed by atoms with Crippen molar-refractivity contribution in [3.05, 3.63) is 29.7 Å². The average Bonchev–Trinajstić information content (AvgIpc) is 2.88. The van der Waals surface area contributed by atoms with Crippen LogP contribution in [-0.2, 0) is 13.0 Å². The number of hydrogen-bond donors (Lipinski definition) is 1. The van der Waals surface area contributed by atoms with Crippen molar-refractivity contribution >= 4 is 0 Å². The summed E-state index contributed by atoms with van der Waals surface area (Å²) in [5.74, 6) is 1.75. The van der Waals surface area contributed by atoms with Gasteiger partial charge in [0.05, 0.1) is 11.8 Å². The minimum Gasteiger partial charge on any atom is -0.387 e. The number of rotatable bonds is 5. The number of aliphatic hydroxyl groups excluding tert-OH is 1. The molecule has 2 aromatic rings. The molecule has 0 aliphatic carbocycles. The molecule has 0 saturated heterocycles. The third-order valence-corrected chi connectivity index (χ3v) is 2.49. The monoisotopic (exact) mass is 250 g/mol. The minimum absolute atomic E-state index is 0.453. The highest BCUT2D eigenvalue weighted by Crippen LogP contribution is 2.09. The third kappa shape index (κ3) is 3.16. The van der Waals surface area contributed by atoms with Gasteiger partial charge in [-0.2, -0.15) is 10.1 Å². The molecule has 18 heavy (non-hydrogen) atoms. The fourth-order valence-electron chi connectivity index (χ4n) is 1.62. The highest BCUT2D eigenvalue weighted by Gasteiger charge is 2.10. The van der Waals surface area contributed by atoms with Crippen LogP contribution in [0.3, 0.4) is 0 Å². The van der Waals surface area contributed by atoms with E-state index in [0.717, 1.165) is 6.42 Å². The van der Waals surface area contributed by atoms with Gasteiger partial charge in [-0.15, -0.1) is 0 Å². The van der Waals surface area contributed by atoms with Gasteiger partial charge in [0.2, 0.25) is 5.89 Å². The summed E-state index contributed by atoms with van der Waals surface area (Å²) in [4.78, 5) is 4.30. The Bertz CT molecular complexity index is 502. The zero-order valence-corrected chi connectivity index (χ0v) is 10.9. The van der Waals surface area contributed by atoms with E-state index in [1.807, 2.05) is 0 Å². The minimum atomic E-state index is -0.562. The smallest absolute Gasteiger partial charge is 0.226 e. The maximum absolute atomic E-state index is 9.38. The molecule has 0 amide bonds. The van der Waals surface area contributed by atoms with E-state index in [2.05, 4.69) is 29.1 Å². The lowest BCUT2D eigenvalue weighted by Crippen LogP contribution is -2.04. The molecule has 6 nitrogen and oxygen atoms in total. The summed E-state index contributed by atoms with van der Waals surface area (Å²) in [6.45, 7) is 6.34. The molecule has 2 aromatic heterocycles. The topological polar surface area (TPSA) is 77.0 Å². The summed E-state index contributed by atoms with van der Waals surface area (Å²) in [6.07, 6.45) is 2.01. The van der Waals surface area contributed by atoms with E-state index in [0.29, 0.717) is 29.9 Å². The second-order valence-electron chi connectivity index (χ2n) is 4.82. The van der Waals surface area contributed by atoms with Crippen LogP contribution in [-0.4, -0.2) is 25.0 Å². The van der Waals surface area contributed by atoms with Gasteiger partial charge in [0, 0.05) is 12.6 Å². The summed E-state index contributed by atoms with van der Waals surface area (Å²) in [7, 11) is 0. The normalized spacial score (nSPS) is 13.2. The average molecular weight is 250 g/mol. The van der Waals surface area contributed by atoms with E-state index in [1.54, 1.807) is 23.9 Å². The van der Waals surface area contributed by atoms with Crippen molar-refractivity contribution in [1.29, 1.82) is 0 Å². The molecule has 98 valence electrons. The van der Waals surface area contributed by atoms with Crippen molar-refractivity contribution in [1.82, 2.24) is 19.9 Å². The van der Waals surface area contributed by atoms with Crippen molar-refractivity contribution in [2.45, 2.75) is 39.8 Å². The van der Waals surface area contributed by atoms with Crippen LogP contribution in [0, 0.1) is 5.92 Å². The van der Waals surface area contributed by atoms with Crippen LogP contribution in [0.5, 0.6) is 0 Å². The maximum Gasteiger partial charge on any atom is 0.226 e. The Labute approximate surface area is 106 Å². The van der Waals surface area contributed by atoms with Crippen LogP contribution in [0.15, 0.2) is 16.8 Å². The van der Waals surface area contributed by atoms with Gasteiger partial charge < -0.3 is 9.63 Å². The fourth-order valence-corrected chi connectivity index (χ4v) is 1.62. The highest BCUT2D eigenvalue weighted by molar-refractivity contribution is 5.02. The first-order valence-corrected chi connectivity index (χ1v) is 6.07. The Kier molecular flexibility index (Phi) is 3.76. The zero-order valence-electron chi connectivity index (χ0n) is 10.9. The third-order valence-electron chi connectivity index (χ3n) is 2.49. The second-order valence-corrected chi connectivity index (χ2v) is 4.82. The molecule has 1 atom stereocenters. The molecule has 6 heteroatoms. The molecule has 0 unspecified atom stereocenters. The van der Waals surface area contributed by atoms with E-state index in [9.17, 15) is 5.11 Å². The molecule has 0 spiro atoms. The van der Waals surface area contributed by atoms with Gasteiger partial charge in [0.1, 0.15) is 6.54 Å². The van der Waals surface area contributed by atoms with Gasteiger partial charge in [0.15, 0.2) is 5.82 Å². The van der Waals surface area contributed by atoms with Crippen LogP contribution in [0.1, 0.15) is 44.3 Å². The Balaban J connectivity index is 2.02. The Morgan fingerprint density at radius 1 is 1.39 bits per heavy atom. The van der Waals surface area contributed by atoms with Crippen LogP contribution in [0.2, 0.25) is 0 Å². The van der Waals surface area contributed by atoms with Gasteiger partial charge in [-0.05, 0) is 18.9 Å². The summed E-state index contributed by atoms with van der Waals surface area (Å²) in [5, 5.41) is 17.5. The molecule has 0 saturated carbocycles. The number of hydrogen-bond acceptors (Lipinski definition) is 5. The van der Waals surface area contributed by atoms with Crippen molar-refractivity contribution < 1.29 is 9.63 Å². The van der Waals surface area contributed by atoms with Gasteiger partial charge >= 0.3 is 0 Å². The molecule has 0 radical (unpaired) electrons. The largest absolute Gasteiger partial charge is 0.387 e. The van der Waals surface area contributed by atoms with Crippen molar-refractivity contribution in [3.63, 3.8) is 0 Å². The molecule has 0 aliphatic rings. The number of aromatic nitrogens is 4. The van der Waals surface area contributed by atoms with Crippen LogP contribution in [0.4, 0.5) is 0 Å². The zero-order chi connectivity index (χ0) is 13.1. The summed E-state index contributed by atoms with van der Waals surface area (Å²) in [6, 6.07) is 1.78. The Hall–Kier alpha value is -1.69. The van der Waals surface area contributed by atoms with Gasteiger partial charge in [-0.25, -0.2) is 0 Å². The fraction of sp³-hybridized carbons (Fsp3) is 0.583. The molecule has 2 rings (SSSR count). The highest BCUT2D eigenvalue weighted by atomic mass is 16.5.